The highest BCUT2D eigenvalue weighted by atomic mass is 32.2. The van der Waals surface area contributed by atoms with Crippen molar-refractivity contribution in [3.8, 4) is 0 Å². The fraction of sp³-hybridized carbons (Fsp3) is 0.400. The number of thioether (sulfide) groups is 1. The Hall–Kier alpha value is -1.71. The van der Waals surface area contributed by atoms with Crippen molar-refractivity contribution in [2.24, 2.45) is 5.73 Å². The van der Waals surface area contributed by atoms with Crippen LogP contribution in [0.15, 0.2) is 24.3 Å². The Morgan fingerprint density at radius 3 is 2.67 bits per heavy atom. The molecule has 1 rings (SSSR count). The molecule has 0 heterocycles. The Morgan fingerprint density at radius 2 is 2.08 bits per heavy atom. The lowest BCUT2D eigenvalue weighted by atomic mass is 10.1. The molecule has 24 heavy (non-hydrogen) atoms. The number of anilines is 1. The van der Waals surface area contributed by atoms with E-state index in [1.54, 1.807) is 12.1 Å². The molecule has 2 unspecified atom stereocenters. The Balaban J connectivity index is 2.79. The Kier molecular flexibility index (Phi) is 8.66. The van der Waals surface area contributed by atoms with Crippen molar-refractivity contribution in [2.45, 2.75) is 18.5 Å². The highest BCUT2D eigenvalue weighted by Crippen LogP contribution is 2.12. The highest BCUT2D eigenvalue weighted by molar-refractivity contribution is 7.98. The number of thiol groups is 1. The molecule has 0 bridgehead atoms. The summed E-state index contributed by atoms with van der Waals surface area (Å²) in [5, 5.41) is 14.2. The van der Waals surface area contributed by atoms with Gasteiger partial charge in [-0.15, -0.1) is 0 Å². The van der Waals surface area contributed by atoms with Gasteiger partial charge in [0.2, 0.25) is 5.91 Å². The van der Waals surface area contributed by atoms with Crippen LogP contribution < -0.4 is 16.4 Å². The third-order valence-electron chi connectivity index (χ3n) is 3.14. The van der Waals surface area contributed by atoms with Gasteiger partial charge in [0.1, 0.15) is 6.04 Å². The van der Waals surface area contributed by atoms with Crippen molar-refractivity contribution in [2.75, 3.05) is 23.1 Å². The van der Waals surface area contributed by atoms with E-state index < -0.39 is 29.9 Å². The Morgan fingerprint density at radius 1 is 1.38 bits per heavy atom. The van der Waals surface area contributed by atoms with Crippen LogP contribution in [0, 0.1) is 0 Å². The summed E-state index contributed by atoms with van der Waals surface area (Å²) in [5.74, 6) is -1.19. The lowest BCUT2D eigenvalue weighted by Gasteiger charge is -2.15. The molecule has 0 aliphatic rings. The number of benzene rings is 1. The van der Waals surface area contributed by atoms with E-state index in [0.29, 0.717) is 17.9 Å². The summed E-state index contributed by atoms with van der Waals surface area (Å²) >= 11 is 5.46. The fourth-order valence-corrected chi connectivity index (χ4v) is 2.43. The molecule has 0 radical (unpaired) electrons. The Labute approximate surface area is 150 Å². The molecule has 0 aliphatic carbocycles. The largest absolute Gasteiger partial charge is 0.480 e. The van der Waals surface area contributed by atoms with Crippen LogP contribution in [0.4, 0.5) is 5.69 Å². The minimum absolute atomic E-state index is 0.196. The summed E-state index contributed by atoms with van der Waals surface area (Å²) in [7, 11) is 0. The van der Waals surface area contributed by atoms with Gasteiger partial charge in [-0.05, 0) is 36.6 Å². The zero-order valence-corrected chi connectivity index (χ0v) is 14.9. The highest BCUT2D eigenvalue weighted by Gasteiger charge is 2.20. The van der Waals surface area contributed by atoms with E-state index in [1.807, 2.05) is 6.26 Å². The summed E-state index contributed by atoms with van der Waals surface area (Å²) in [6, 6.07) is 4.49. The second kappa shape index (κ2) is 10.2. The molecule has 2 amide bonds. The molecule has 0 spiro atoms. The van der Waals surface area contributed by atoms with Crippen LogP contribution >= 0.6 is 24.4 Å². The molecule has 0 aromatic heterocycles. The smallest absolute Gasteiger partial charge is 0.326 e. The predicted molar refractivity (Wildman–Crippen MR) is 98.8 cm³/mol. The zero-order chi connectivity index (χ0) is 18.1. The second-order valence-electron chi connectivity index (χ2n) is 5.00. The molecule has 7 nitrogen and oxygen atoms in total. The van der Waals surface area contributed by atoms with Gasteiger partial charge in [0.05, 0.1) is 6.04 Å². The Bertz CT molecular complexity index is 598. The normalized spacial score (nSPS) is 13.0. The van der Waals surface area contributed by atoms with Gasteiger partial charge < -0.3 is 21.5 Å². The van der Waals surface area contributed by atoms with E-state index in [1.165, 1.54) is 23.9 Å². The third kappa shape index (κ3) is 6.42. The number of carbonyl (C=O) groups is 3. The number of carboxylic acid groups (broad SMARTS) is 1. The van der Waals surface area contributed by atoms with Crippen LogP contribution in [0.2, 0.25) is 0 Å². The number of amides is 2. The minimum atomic E-state index is -1.08. The molecule has 1 aromatic carbocycles. The number of nitrogens with two attached hydrogens (primary N) is 1. The number of carbonyl (C=O) groups excluding carboxylic acids is 2. The SMILES string of the molecule is CSCCC(NC(=O)c1cccc(NC(=O)C(N)CS)c1)C(=O)O. The number of nitrogens with one attached hydrogen (secondary N) is 2. The molecule has 1 aromatic rings. The molecule has 5 N–H and O–H groups in total. The number of aliphatic carboxylic acids is 1. The first-order chi connectivity index (χ1) is 11.4. The van der Waals surface area contributed by atoms with E-state index in [2.05, 4.69) is 23.3 Å². The van der Waals surface area contributed by atoms with E-state index in [4.69, 9.17) is 10.8 Å². The van der Waals surface area contributed by atoms with Crippen LogP contribution in [-0.2, 0) is 9.59 Å². The maximum atomic E-state index is 12.2. The predicted octanol–water partition coefficient (Wildman–Crippen LogP) is 0.818. The van der Waals surface area contributed by atoms with Crippen molar-refractivity contribution in [1.29, 1.82) is 0 Å². The summed E-state index contributed by atoms with van der Waals surface area (Å²) in [4.78, 5) is 35.2. The van der Waals surface area contributed by atoms with E-state index >= 15 is 0 Å². The van der Waals surface area contributed by atoms with Gasteiger partial charge in [-0.1, -0.05) is 6.07 Å². The summed E-state index contributed by atoms with van der Waals surface area (Å²) in [5.41, 5.74) is 6.23. The molecule has 132 valence electrons. The van der Waals surface area contributed by atoms with Gasteiger partial charge >= 0.3 is 5.97 Å². The average molecular weight is 371 g/mol. The second-order valence-corrected chi connectivity index (χ2v) is 6.36. The molecule has 0 aliphatic heterocycles. The quantitative estimate of drug-likeness (QED) is 0.410. The summed E-state index contributed by atoms with van der Waals surface area (Å²) in [6.45, 7) is 0. The van der Waals surface area contributed by atoms with Gasteiger partial charge in [-0.3, -0.25) is 9.59 Å². The lowest BCUT2D eigenvalue weighted by Crippen LogP contribution is -2.41. The van der Waals surface area contributed by atoms with Crippen LogP contribution in [0.1, 0.15) is 16.8 Å². The number of carboxylic acids is 1. The number of rotatable bonds is 9. The minimum Gasteiger partial charge on any atom is -0.480 e. The van der Waals surface area contributed by atoms with Crippen molar-refractivity contribution < 1.29 is 19.5 Å². The molecular weight excluding hydrogens is 350 g/mol. The maximum absolute atomic E-state index is 12.2. The standard InChI is InChI=1S/C15H21N3O4S2/c1-24-6-5-12(15(21)22)18-13(19)9-3-2-4-10(7-9)17-14(20)11(16)8-23/h2-4,7,11-12,23H,5-6,8,16H2,1H3,(H,17,20)(H,18,19)(H,21,22). The van der Waals surface area contributed by atoms with E-state index in [0.717, 1.165) is 0 Å². The fourth-order valence-electron chi connectivity index (χ4n) is 1.79. The van der Waals surface area contributed by atoms with Crippen molar-refractivity contribution >= 4 is 47.9 Å². The molecule has 0 saturated heterocycles. The van der Waals surface area contributed by atoms with Crippen molar-refractivity contribution in [3.63, 3.8) is 0 Å². The van der Waals surface area contributed by atoms with Crippen LogP contribution in [0.3, 0.4) is 0 Å². The molecule has 9 heteroatoms. The van der Waals surface area contributed by atoms with Gasteiger partial charge in [0, 0.05) is 17.0 Å². The number of hydrogen-bond acceptors (Lipinski definition) is 6. The lowest BCUT2D eigenvalue weighted by molar-refractivity contribution is -0.139. The van der Waals surface area contributed by atoms with Crippen molar-refractivity contribution in [1.82, 2.24) is 5.32 Å². The van der Waals surface area contributed by atoms with Gasteiger partial charge in [0.25, 0.3) is 5.91 Å². The molecule has 0 saturated carbocycles. The topological polar surface area (TPSA) is 122 Å². The van der Waals surface area contributed by atoms with Crippen molar-refractivity contribution in [3.05, 3.63) is 29.8 Å². The van der Waals surface area contributed by atoms with Crippen LogP contribution in [-0.4, -0.2) is 52.7 Å². The summed E-state index contributed by atoms with van der Waals surface area (Å²) < 4.78 is 0. The van der Waals surface area contributed by atoms with Gasteiger partial charge in [-0.2, -0.15) is 24.4 Å². The summed E-state index contributed by atoms with van der Waals surface area (Å²) in [6.07, 6.45) is 2.19. The number of hydrogen-bond donors (Lipinski definition) is 5. The van der Waals surface area contributed by atoms with Gasteiger partial charge in [0.15, 0.2) is 0 Å². The average Bonchev–Trinajstić information content (AvgIpc) is 2.57. The first-order valence-corrected chi connectivity index (χ1v) is 9.21. The maximum Gasteiger partial charge on any atom is 0.326 e. The third-order valence-corrected chi connectivity index (χ3v) is 4.18. The zero-order valence-electron chi connectivity index (χ0n) is 13.2. The molecular formula is C15H21N3O4S2. The monoisotopic (exact) mass is 371 g/mol. The van der Waals surface area contributed by atoms with Crippen LogP contribution in [0.25, 0.3) is 0 Å². The molecule has 2 atom stereocenters. The van der Waals surface area contributed by atoms with Crippen LogP contribution in [0.5, 0.6) is 0 Å². The first-order valence-electron chi connectivity index (χ1n) is 7.19. The molecule has 0 fully saturated rings. The van der Waals surface area contributed by atoms with Gasteiger partial charge in [-0.25, -0.2) is 4.79 Å². The van der Waals surface area contributed by atoms with E-state index in [-0.39, 0.29) is 11.3 Å². The van der Waals surface area contributed by atoms with E-state index in [9.17, 15) is 14.4 Å². The first kappa shape index (κ1) is 20.3.